The van der Waals surface area contributed by atoms with E-state index in [1.54, 1.807) is 0 Å². The number of thiophene rings is 1. The number of aliphatic imine (C=N–C) groups is 1. The van der Waals surface area contributed by atoms with Crippen molar-refractivity contribution in [3.63, 3.8) is 0 Å². The van der Waals surface area contributed by atoms with Crippen LogP contribution in [0.5, 0.6) is 0 Å². The number of nitrogens with zero attached hydrogens (tertiary/aromatic N) is 1. The molecule has 2 heterocycles. The minimum Gasteiger partial charge on any atom is -0.345 e. The number of para-hydroxylation sites is 2. The van der Waals surface area contributed by atoms with Gasteiger partial charge in [0.2, 0.25) is 0 Å². The van der Waals surface area contributed by atoms with Crippen LogP contribution in [0.15, 0.2) is 35.3 Å². The van der Waals surface area contributed by atoms with Gasteiger partial charge in [0.15, 0.2) is 0 Å². The van der Waals surface area contributed by atoms with Crippen molar-refractivity contribution in [2.45, 2.75) is 12.8 Å². The lowest BCUT2D eigenvalue weighted by Gasteiger charge is -2.04. The fourth-order valence-electron chi connectivity index (χ4n) is 2.46. The third-order valence-electron chi connectivity index (χ3n) is 3.37. The topological polar surface area (TPSA) is 24.4 Å². The van der Waals surface area contributed by atoms with E-state index in [1.807, 2.05) is 35.8 Å². The molecule has 0 saturated carbocycles. The number of allylic oxidation sites excluding steroid dienone is 1. The Morgan fingerprint density at radius 1 is 1.17 bits per heavy atom. The summed E-state index contributed by atoms with van der Waals surface area (Å²) in [6.45, 7) is 0. The van der Waals surface area contributed by atoms with Gasteiger partial charge in [-0.15, -0.1) is 11.3 Å². The average Bonchev–Trinajstić information content (AvgIpc) is 2.65. The molecule has 0 bridgehead atoms. The van der Waals surface area contributed by atoms with Gasteiger partial charge in [-0.1, -0.05) is 24.3 Å². The molecule has 2 nitrogen and oxygen atoms in total. The zero-order valence-electron chi connectivity index (χ0n) is 9.81. The van der Waals surface area contributed by atoms with Gasteiger partial charge in [-0.05, 0) is 30.5 Å². The lowest BCUT2D eigenvalue weighted by atomic mass is 10.0. The molecule has 0 spiro atoms. The van der Waals surface area contributed by atoms with Gasteiger partial charge in [0, 0.05) is 16.7 Å². The molecule has 18 heavy (non-hydrogen) atoms. The summed E-state index contributed by atoms with van der Waals surface area (Å²) in [4.78, 5) is 6.07. The predicted octanol–water partition coefficient (Wildman–Crippen LogP) is 4.52. The Morgan fingerprint density at radius 3 is 3.11 bits per heavy atom. The summed E-state index contributed by atoms with van der Waals surface area (Å²) in [5.74, 6) is 0. The van der Waals surface area contributed by atoms with Gasteiger partial charge >= 0.3 is 0 Å². The van der Waals surface area contributed by atoms with E-state index in [4.69, 9.17) is 0 Å². The molecule has 0 radical (unpaired) electrons. The van der Waals surface area contributed by atoms with Gasteiger partial charge in [-0.3, -0.25) is 4.99 Å². The van der Waals surface area contributed by atoms with Crippen LogP contribution in [-0.4, -0.2) is 6.21 Å². The Hall–Kier alpha value is -1.87. The Bertz CT molecular complexity index is 680. The molecule has 3 heteroatoms. The number of hydrogen-bond donors (Lipinski definition) is 1. The monoisotopic (exact) mass is 252 g/mol. The van der Waals surface area contributed by atoms with Crippen LogP contribution in [0, 0.1) is 0 Å². The maximum Gasteiger partial charge on any atom is 0.103 e. The number of nitrogens with one attached hydrogen (secondary N) is 1. The van der Waals surface area contributed by atoms with E-state index in [0.29, 0.717) is 0 Å². The normalized spacial score (nSPS) is 15.3. The summed E-state index contributed by atoms with van der Waals surface area (Å²) >= 11 is 1.86. The van der Waals surface area contributed by atoms with Crippen LogP contribution in [0.2, 0.25) is 0 Å². The largest absolute Gasteiger partial charge is 0.345 e. The second-order valence-corrected chi connectivity index (χ2v) is 5.63. The van der Waals surface area contributed by atoms with E-state index < -0.39 is 0 Å². The van der Waals surface area contributed by atoms with Crippen LogP contribution in [0.3, 0.4) is 0 Å². The smallest absolute Gasteiger partial charge is 0.103 e. The van der Waals surface area contributed by atoms with Crippen LogP contribution >= 0.6 is 11.3 Å². The number of hydrogen-bond acceptors (Lipinski definition) is 3. The number of benzene rings is 1. The molecule has 0 fully saturated rings. The Balaban J connectivity index is 1.91. The minimum absolute atomic E-state index is 1.01. The highest BCUT2D eigenvalue weighted by Crippen LogP contribution is 2.41. The van der Waals surface area contributed by atoms with Gasteiger partial charge < -0.3 is 5.32 Å². The summed E-state index contributed by atoms with van der Waals surface area (Å²) in [5.41, 5.74) is 4.69. The highest BCUT2D eigenvalue weighted by molar-refractivity contribution is 7.17. The van der Waals surface area contributed by atoms with E-state index >= 15 is 0 Å². The standard InChI is InChI=1S/C15H12N2S/c1-4-8-14-10(5-1)11-9-16-12-6-2-3-7-13(12)17-15(11)18-14/h1-3,5-7,9,17H,4,8H2. The molecule has 1 aromatic heterocycles. The van der Waals surface area contributed by atoms with Gasteiger partial charge in [-0.25, -0.2) is 0 Å². The predicted molar refractivity (Wildman–Crippen MR) is 78.7 cm³/mol. The molecule has 2 aliphatic rings. The molecule has 1 N–H and O–H groups in total. The highest BCUT2D eigenvalue weighted by Gasteiger charge is 2.19. The molecule has 4 rings (SSSR count). The summed E-state index contributed by atoms with van der Waals surface area (Å²) in [7, 11) is 0. The average molecular weight is 252 g/mol. The second-order valence-electron chi connectivity index (χ2n) is 4.52. The SMILES string of the molecule is C1=Cc2c(sc3c2C=Nc2ccccc2N3)CC1. The maximum absolute atomic E-state index is 4.59. The van der Waals surface area contributed by atoms with Crippen LogP contribution in [0.1, 0.15) is 22.4 Å². The number of aryl methyl sites for hydroxylation is 1. The maximum atomic E-state index is 4.59. The van der Waals surface area contributed by atoms with Crippen molar-refractivity contribution in [2.24, 2.45) is 4.99 Å². The molecule has 0 atom stereocenters. The highest BCUT2D eigenvalue weighted by atomic mass is 32.1. The first-order valence-electron chi connectivity index (χ1n) is 6.14. The van der Waals surface area contributed by atoms with Crippen molar-refractivity contribution < 1.29 is 0 Å². The van der Waals surface area contributed by atoms with E-state index in [9.17, 15) is 0 Å². The van der Waals surface area contributed by atoms with Crippen molar-refractivity contribution in [1.82, 2.24) is 0 Å². The molecular weight excluding hydrogens is 240 g/mol. The van der Waals surface area contributed by atoms with Crippen molar-refractivity contribution in [1.29, 1.82) is 0 Å². The summed E-state index contributed by atoms with van der Waals surface area (Å²) in [6, 6.07) is 8.18. The van der Waals surface area contributed by atoms with Crippen molar-refractivity contribution in [3.8, 4) is 0 Å². The van der Waals surface area contributed by atoms with E-state index in [0.717, 1.165) is 24.2 Å². The fourth-order valence-corrected chi connectivity index (χ4v) is 3.65. The van der Waals surface area contributed by atoms with Crippen LogP contribution < -0.4 is 5.32 Å². The summed E-state index contributed by atoms with van der Waals surface area (Å²) < 4.78 is 0. The van der Waals surface area contributed by atoms with Crippen molar-refractivity contribution in [3.05, 3.63) is 46.3 Å². The molecule has 1 aliphatic heterocycles. The van der Waals surface area contributed by atoms with Crippen molar-refractivity contribution >= 4 is 40.0 Å². The van der Waals surface area contributed by atoms with E-state index in [-0.39, 0.29) is 0 Å². The zero-order valence-corrected chi connectivity index (χ0v) is 10.6. The Kier molecular flexibility index (Phi) is 2.14. The third-order valence-corrected chi connectivity index (χ3v) is 4.56. The van der Waals surface area contributed by atoms with Crippen LogP contribution in [0.25, 0.3) is 6.08 Å². The zero-order chi connectivity index (χ0) is 11.9. The number of rotatable bonds is 0. The molecule has 0 unspecified atom stereocenters. The molecule has 0 amide bonds. The van der Waals surface area contributed by atoms with E-state index in [2.05, 4.69) is 28.5 Å². The van der Waals surface area contributed by atoms with Crippen molar-refractivity contribution in [2.75, 3.05) is 5.32 Å². The van der Waals surface area contributed by atoms with Gasteiger partial charge in [-0.2, -0.15) is 0 Å². The van der Waals surface area contributed by atoms with Crippen LogP contribution in [0.4, 0.5) is 16.4 Å². The number of anilines is 2. The van der Waals surface area contributed by atoms with Crippen LogP contribution in [-0.2, 0) is 6.42 Å². The lowest BCUT2D eigenvalue weighted by Crippen LogP contribution is -1.92. The molecular formula is C15H12N2S. The van der Waals surface area contributed by atoms with Gasteiger partial charge in [0.05, 0.1) is 11.4 Å². The molecule has 1 aliphatic carbocycles. The molecule has 0 saturated heterocycles. The quantitative estimate of drug-likeness (QED) is 0.625. The molecule has 2 aromatic rings. The first kappa shape index (κ1) is 10.1. The fraction of sp³-hybridized carbons (Fsp3) is 0.133. The van der Waals surface area contributed by atoms with Gasteiger partial charge in [0.25, 0.3) is 0 Å². The van der Waals surface area contributed by atoms with Gasteiger partial charge in [0.1, 0.15) is 5.00 Å². The summed E-state index contributed by atoms with van der Waals surface area (Å²) in [6.07, 6.45) is 8.79. The second kappa shape index (κ2) is 3.82. The number of fused-ring (bicyclic) bond motifs is 4. The minimum atomic E-state index is 1.01. The lowest BCUT2D eigenvalue weighted by molar-refractivity contribution is 1.01. The first-order chi connectivity index (χ1) is 8.92. The van der Waals surface area contributed by atoms with E-state index in [1.165, 1.54) is 21.0 Å². The summed E-state index contributed by atoms with van der Waals surface area (Å²) in [5, 5.41) is 4.74. The molecule has 1 aromatic carbocycles. The third kappa shape index (κ3) is 1.44. The Labute approximate surface area is 110 Å². The molecule has 88 valence electrons. The first-order valence-corrected chi connectivity index (χ1v) is 6.96. The Morgan fingerprint density at radius 2 is 2.11 bits per heavy atom.